The predicted octanol–water partition coefficient (Wildman–Crippen LogP) is 0.518. The number of carbonyl (C=O) groups is 2. The van der Waals surface area contributed by atoms with Crippen LogP contribution in [0.1, 0.15) is 39.0 Å². The largest absolute Gasteiger partial charge is 0.383 e. The SMILES string of the molecule is COCCNC(=O)CN(C)C(C)C(=O)NC1CCCCC1. The fraction of sp³-hybridized carbons (Fsp3) is 0.867. The fourth-order valence-corrected chi connectivity index (χ4v) is 2.48. The Hall–Kier alpha value is -1.14. The second-order valence-corrected chi connectivity index (χ2v) is 5.78. The first-order valence-corrected chi connectivity index (χ1v) is 7.81. The van der Waals surface area contributed by atoms with Crippen LogP contribution in [-0.4, -0.2) is 62.7 Å². The molecule has 0 aliphatic heterocycles. The Morgan fingerprint density at radius 3 is 2.57 bits per heavy atom. The fourth-order valence-electron chi connectivity index (χ4n) is 2.48. The van der Waals surface area contributed by atoms with E-state index in [2.05, 4.69) is 10.6 Å². The Morgan fingerprint density at radius 2 is 1.95 bits per heavy atom. The molecule has 21 heavy (non-hydrogen) atoms. The number of methoxy groups -OCH3 is 1. The molecule has 0 aromatic rings. The van der Waals surface area contributed by atoms with Crippen LogP contribution in [0.25, 0.3) is 0 Å². The van der Waals surface area contributed by atoms with Crippen molar-refractivity contribution in [3.05, 3.63) is 0 Å². The maximum absolute atomic E-state index is 12.2. The van der Waals surface area contributed by atoms with Crippen molar-refractivity contribution in [1.82, 2.24) is 15.5 Å². The maximum Gasteiger partial charge on any atom is 0.237 e. The normalized spacial score (nSPS) is 17.5. The lowest BCUT2D eigenvalue weighted by Crippen LogP contribution is -2.49. The molecule has 1 fully saturated rings. The van der Waals surface area contributed by atoms with E-state index >= 15 is 0 Å². The number of amides is 2. The van der Waals surface area contributed by atoms with Gasteiger partial charge in [0.25, 0.3) is 0 Å². The molecule has 0 bridgehead atoms. The Balaban J connectivity index is 2.29. The van der Waals surface area contributed by atoms with Gasteiger partial charge in [-0.15, -0.1) is 0 Å². The molecule has 1 aliphatic rings. The van der Waals surface area contributed by atoms with Crippen molar-refractivity contribution in [2.24, 2.45) is 0 Å². The minimum absolute atomic E-state index is 0.00842. The summed E-state index contributed by atoms with van der Waals surface area (Å²) >= 11 is 0. The standard InChI is InChI=1S/C15H29N3O3/c1-12(15(20)17-13-7-5-4-6-8-13)18(2)11-14(19)16-9-10-21-3/h12-13H,4-11H2,1-3H3,(H,16,19)(H,17,20). The van der Waals surface area contributed by atoms with Crippen LogP contribution < -0.4 is 10.6 Å². The third kappa shape index (κ3) is 6.91. The first-order chi connectivity index (χ1) is 10.0. The van der Waals surface area contributed by atoms with Gasteiger partial charge in [0.2, 0.25) is 11.8 Å². The van der Waals surface area contributed by atoms with Gasteiger partial charge in [-0.25, -0.2) is 0 Å². The van der Waals surface area contributed by atoms with Crippen LogP contribution in [0.5, 0.6) is 0 Å². The highest BCUT2D eigenvalue weighted by Gasteiger charge is 2.23. The molecule has 6 heteroatoms. The molecule has 2 N–H and O–H groups in total. The molecule has 1 unspecified atom stereocenters. The molecule has 1 atom stereocenters. The van der Waals surface area contributed by atoms with Gasteiger partial charge in [0.05, 0.1) is 19.2 Å². The number of nitrogens with zero attached hydrogens (tertiary/aromatic N) is 1. The molecule has 0 aromatic heterocycles. The zero-order chi connectivity index (χ0) is 15.7. The van der Waals surface area contributed by atoms with Gasteiger partial charge in [-0.2, -0.15) is 0 Å². The van der Waals surface area contributed by atoms with Crippen LogP contribution in [0.15, 0.2) is 0 Å². The Bertz CT molecular complexity index is 330. The molecule has 1 aliphatic carbocycles. The van der Waals surface area contributed by atoms with E-state index < -0.39 is 0 Å². The summed E-state index contributed by atoms with van der Waals surface area (Å²) in [7, 11) is 3.39. The Kier molecular flexibility index (Phi) is 8.30. The van der Waals surface area contributed by atoms with Crippen LogP contribution in [0.4, 0.5) is 0 Å². The van der Waals surface area contributed by atoms with Crippen LogP contribution in [0.3, 0.4) is 0 Å². The zero-order valence-corrected chi connectivity index (χ0v) is 13.5. The molecule has 122 valence electrons. The Labute approximate surface area is 127 Å². The predicted molar refractivity (Wildman–Crippen MR) is 82.0 cm³/mol. The Morgan fingerprint density at radius 1 is 1.29 bits per heavy atom. The number of rotatable bonds is 8. The number of carbonyl (C=O) groups excluding carboxylic acids is 2. The lowest BCUT2D eigenvalue weighted by Gasteiger charge is -2.28. The second-order valence-electron chi connectivity index (χ2n) is 5.78. The van der Waals surface area contributed by atoms with E-state index in [1.807, 2.05) is 6.92 Å². The summed E-state index contributed by atoms with van der Waals surface area (Å²) in [5.74, 6) is -0.0824. The molecule has 0 saturated heterocycles. The van der Waals surface area contributed by atoms with Crippen molar-refractivity contribution >= 4 is 11.8 Å². The minimum Gasteiger partial charge on any atom is -0.383 e. The minimum atomic E-state index is -0.305. The highest BCUT2D eigenvalue weighted by Crippen LogP contribution is 2.17. The lowest BCUT2D eigenvalue weighted by atomic mass is 9.95. The van der Waals surface area contributed by atoms with Crippen LogP contribution in [0.2, 0.25) is 0 Å². The van der Waals surface area contributed by atoms with Crippen LogP contribution in [-0.2, 0) is 14.3 Å². The van der Waals surface area contributed by atoms with E-state index in [0.29, 0.717) is 19.2 Å². The quantitative estimate of drug-likeness (QED) is 0.641. The van der Waals surface area contributed by atoms with E-state index in [-0.39, 0.29) is 24.4 Å². The molecule has 0 heterocycles. The van der Waals surface area contributed by atoms with Crippen molar-refractivity contribution in [2.75, 3.05) is 33.9 Å². The topological polar surface area (TPSA) is 70.7 Å². The van der Waals surface area contributed by atoms with Gasteiger partial charge in [0, 0.05) is 19.7 Å². The van der Waals surface area contributed by atoms with Gasteiger partial charge >= 0.3 is 0 Å². The molecule has 2 amide bonds. The van der Waals surface area contributed by atoms with Crippen molar-refractivity contribution in [3.8, 4) is 0 Å². The van der Waals surface area contributed by atoms with Gasteiger partial charge in [0.1, 0.15) is 0 Å². The molecule has 0 radical (unpaired) electrons. The van der Waals surface area contributed by atoms with E-state index in [1.165, 1.54) is 19.3 Å². The zero-order valence-electron chi connectivity index (χ0n) is 13.5. The van der Waals surface area contributed by atoms with Crippen molar-refractivity contribution < 1.29 is 14.3 Å². The summed E-state index contributed by atoms with van der Waals surface area (Å²) in [6.07, 6.45) is 5.79. The van der Waals surface area contributed by atoms with Gasteiger partial charge in [-0.3, -0.25) is 14.5 Å². The van der Waals surface area contributed by atoms with Gasteiger partial charge in [-0.1, -0.05) is 19.3 Å². The first-order valence-electron chi connectivity index (χ1n) is 7.81. The average Bonchev–Trinajstić information content (AvgIpc) is 2.47. The van der Waals surface area contributed by atoms with E-state index in [0.717, 1.165) is 12.8 Å². The molecule has 0 spiro atoms. The van der Waals surface area contributed by atoms with Gasteiger partial charge in [-0.05, 0) is 26.8 Å². The number of likely N-dealkylation sites (N-methyl/N-ethyl adjacent to an activating group) is 1. The molecule has 1 rings (SSSR count). The van der Waals surface area contributed by atoms with Gasteiger partial charge < -0.3 is 15.4 Å². The molecule has 6 nitrogen and oxygen atoms in total. The third-order valence-electron chi connectivity index (χ3n) is 4.01. The highest BCUT2D eigenvalue weighted by molar-refractivity contribution is 5.83. The number of nitrogens with one attached hydrogen (secondary N) is 2. The molecular weight excluding hydrogens is 270 g/mol. The number of hydrogen-bond donors (Lipinski definition) is 2. The molecular formula is C15H29N3O3. The third-order valence-corrected chi connectivity index (χ3v) is 4.01. The lowest BCUT2D eigenvalue weighted by molar-refractivity contribution is -0.128. The van der Waals surface area contributed by atoms with E-state index in [4.69, 9.17) is 4.74 Å². The second kappa shape index (κ2) is 9.73. The summed E-state index contributed by atoms with van der Waals surface area (Å²) in [6, 6.07) is -0.00210. The van der Waals surface area contributed by atoms with Gasteiger partial charge in [0.15, 0.2) is 0 Å². The smallest absolute Gasteiger partial charge is 0.237 e. The maximum atomic E-state index is 12.2. The monoisotopic (exact) mass is 299 g/mol. The average molecular weight is 299 g/mol. The molecule has 1 saturated carbocycles. The summed E-state index contributed by atoms with van der Waals surface area (Å²) in [5.41, 5.74) is 0. The summed E-state index contributed by atoms with van der Waals surface area (Å²) in [5, 5.41) is 5.85. The number of hydrogen-bond acceptors (Lipinski definition) is 4. The van der Waals surface area contributed by atoms with E-state index in [1.54, 1.807) is 19.1 Å². The number of ether oxygens (including phenoxy) is 1. The highest BCUT2D eigenvalue weighted by atomic mass is 16.5. The first kappa shape index (κ1) is 17.9. The van der Waals surface area contributed by atoms with Crippen molar-refractivity contribution in [3.63, 3.8) is 0 Å². The summed E-state index contributed by atoms with van der Waals surface area (Å²) in [6.45, 7) is 3.03. The summed E-state index contributed by atoms with van der Waals surface area (Å²) < 4.78 is 4.88. The van der Waals surface area contributed by atoms with Crippen LogP contribution >= 0.6 is 0 Å². The van der Waals surface area contributed by atoms with Crippen LogP contribution in [0, 0.1) is 0 Å². The van der Waals surface area contributed by atoms with Crippen molar-refractivity contribution in [1.29, 1.82) is 0 Å². The summed E-state index contributed by atoms with van der Waals surface area (Å²) in [4.78, 5) is 25.7. The molecule has 0 aromatic carbocycles. The van der Waals surface area contributed by atoms with Crippen molar-refractivity contribution in [2.45, 2.75) is 51.1 Å². The van der Waals surface area contributed by atoms with E-state index in [9.17, 15) is 9.59 Å².